The molecule has 7 nitrogen and oxygen atoms in total. The van der Waals surface area contributed by atoms with Crippen LogP contribution >= 0.6 is 0 Å². The molecule has 36 heavy (non-hydrogen) atoms. The minimum atomic E-state index is -0.513. The van der Waals surface area contributed by atoms with Crippen molar-refractivity contribution in [3.8, 4) is 5.75 Å². The zero-order valence-electron chi connectivity index (χ0n) is 20.8. The molecule has 1 aliphatic heterocycles. The molecule has 0 saturated heterocycles. The number of amides is 1. The number of hydrogen-bond acceptors (Lipinski definition) is 6. The number of hydrogen-bond donors (Lipinski definition) is 2. The molecule has 1 atom stereocenters. The van der Waals surface area contributed by atoms with Crippen LogP contribution in [0.4, 0.5) is 11.4 Å². The van der Waals surface area contributed by atoms with Gasteiger partial charge in [0.15, 0.2) is 5.78 Å². The van der Waals surface area contributed by atoms with E-state index in [0.29, 0.717) is 24.3 Å². The number of anilines is 2. The van der Waals surface area contributed by atoms with Crippen LogP contribution in [0.15, 0.2) is 82.6 Å². The quantitative estimate of drug-likeness (QED) is 0.498. The van der Waals surface area contributed by atoms with Crippen LogP contribution in [0.2, 0.25) is 0 Å². The lowest BCUT2D eigenvalue weighted by Gasteiger charge is -2.36. The number of furan rings is 1. The molecule has 186 valence electrons. The Kier molecular flexibility index (Phi) is 6.31. The van der Waals surface area contributed by atoms with Crippen molar-refractivity contribution in [3.63, 3.8) is 0 Å². The number of benzene rings is 2. The average molecular weight is 486 g/mol. The van der Waals surface area contributed by atoms with Crippen molar-refractivity contribution in [2.45, 2.75) is 39.3 Å². The summed E-state index contributed by atoms with van der Waals surface area (Å²) >= 11 is 0. The van der Waals surface area contributed by atoms with Crippen molar-refractivity contribution in [2.24, 2.45) is 5.41 Å². The second-order valence-corrected chi connectivity index (χ2v) is 10.1. The molecule has 3 aromatic rings. The Hall–Kier alpha value is -4.00. The van der Waals surface area contributed by atoms with Gasteiger partial charge in [0.1, 0.15) is 17.6 Å². The summed E-state index contributed by atoms with van der Waals surface area (Å²) in [5.74, 6) is 1.33. The second kappa shape index (κ2) is 9.57. The van der Waals surface area contributed by atoms with Crippen LogP contribution in [-0.2, 0) is 16.1 Å². The highest BCUT2D eigenvalue weighted by atomic mass is 16.5. The van der Waals surface area contributed by atoms with Gasteiger partial charge < -0.3 is 24.7 Å². The van der Waals surface area contributed by atoms with Crippen molar-refractivity contribution in [3.05, 3.63) is 89.5 Å². The van der Waals surface area contributed by atoms with Gasteiger partial charge in [-0.15, -0.1) is 0 Å². The maximum Gasteiger partial charge on any atom is 0.239 e. The minimum Gasteiger partial charge on any atom is -0.497 e. The number of ether oxygens (including phenoxy) is 1. The Labute approximate surface area is 211 Å². The number of allylic oxidation sites excluding steroid dienone is 1. The summed E-state index contributed by atoms with van der Waals surface area (Å²) in [7, 11) is 1.62. The third kappa shape index (κ3) is 4.73. The maximum absolute atomic E-state index is 13.6. The first-order valence-electron chi connectivity index (χ1n) is 12.2. The molecule has 0 fully saturated rings. The predicted octanol–water partition coefficient (Wildman–Crippen LogP) is 5.22. The van der Waals surface area contributed by atoms with Gasteiger partial charge in [-0.3, -0.25) is 9.59 Å². The molecule has 1 unspecified atom stereocenters. The van der Waals surface area contributed by atoms with Crippen molar-refractivity contribution in [1.82, 2.24) is 5.32 Å². The molecule has 2 aliphatic rings. The van der Waals surface area contributed by atoms with E-state index < -0.39 is 6.04 Å². The molecule has 0 saturated carbocycles. The zero-order chi connectivity index (χ0) is 25.3. The van der Waals surface area contributed by atoms with Crippen LogP contribution in [0.5, 0.6) is 5.75 Å². The van der Waals surface area contributed by atoms with Crippen LogP contribution in [-0.4, -0.2) is 25.3 Å². The number of fused-ring (bicyclic) bond motifs is 1. The number of nitrogens with one attached hydrogen (secondary N) is 2. The first-order chi connectivity index (χ1) is 17.3. The van der Waals surface area contributed by atoms with E-state index >= 15 is 0 Å². The van der Waals surface area contributed by atoms with E-state index in [2.05, 4.69) is 24.5 Å². The Morgan fingerprint density at radius 2 is 1.89 bits per heavy atom. The molecular weight excluding hydrogens is 454 g/mol. The fourth-order valence-electron chi connectivity index (χ4n) is 5.12. The molecule has 7 heteroatoms. The highest BCUT2D eigenvalue weighted by Crippen LogP contribution is 2.48. The van der Waals surface area contributed by atoms with Gasteiger partial charge in [-0.25, -0.2) is 0 Å². The second-order valence-electron chi connectivity index (χ2n) is 10.1. The van der Waals surface area contributed by atoms with E-state index in [-0.39, 0.29) is 23.7 Å². The standard InChI is InChI=1S/C29H31N3O4/c1-29(2)15-22-27(24(33)16-29)28(25-9-6-14-36-25)32(23-8-5-4-7-21(23)31-22)18-26(34)30-17-19-10-12-20(35-3)13-11-19/h4-14,28,31H,15-18H2,1-3H3,(H,30,34). The molecule has 0 radical (unpaired) electrons. The van der Waals surface area contributed by atoms with Gasteiger partial charge in [0.25, 0.3) is 0 Å². The van der Waals surface area contributed by atoms with Crippen LogP contribution in [0, 0.1) is 5.41 Å². The number of methoxy groups -OCH3 is 1. The highest BCUT2D eigenvalue weighted by Gasteiger charge is 2.42. The normalized spacial score (nSPS) is 18.6. The van der Waals surface area contributed by atoms with Gasteiger partial charge in [0.2, 0.25) is 5.91 Å². The Bertz CT molecular complexity index is 1290. The van der Waals surface area contributed by atoms with Gasteiger partial charge in [0, 0.05) is 24.2 Å². The van der Waals surface area contributed by atoms with Crippen LogP contribution in [0.1, 0.15) is 44.1 Å². The molecule has 1 aromatic heterocycles. The molecule has 5 rings (SSSR count). The molecule has 1 amide bonds. The zero-order valence-corrected chi connectivity index (χ0v) is 20.8. The number of nitrogens with zero attached hydrogens (tertiary/aromatic N) is 1. The third-order valence-corrected chi connectivity index (χ3v) is 6.78. The molecule has 0 bridgehead atoms. The van der Waals surface area contributed by atoms with E-state index in [0.717, 1.165) is 34.8 Å². The average Bonchev–Trinajstić information content (AvgIpc) is 3.34. The topological polar surface area (TPSA) is 83.8 Å². The summed E-state index contributed by atoms with van der Waals surface area (Å²) in [5, 5.41) is 6.57. The SMILES string of the molecule is COc1ccc(CNC(=O)CN2c3ccccc3NC3=C(C(=O)CC(C)(C)C3)C2c2ccco2)cc1. The van der Waals surface area contributed by atoms with E-state index in [9.17, 15) is 9.59 Å². The monoisotopic (exact) mass is 485 g/mol. The van der Waals surface area contributed by atoms with Gasteiger partial charge in [-0.1, -0.05) is 38.1 Å². The summed E-state index contributed by atoms with van der Waals surface area (Å²) in [6.45, 7) is 4.68. The van der Waals surface area contributed by atoms with E-state index in [4.69, 9.17) is 9.15 Å². The van der Waals surface area contributed by atoms with E-state index in [1.54, 1.807) is 13.4 Å². The number of para-hydroxylation sites is 2. The lowest BCUT2D eigenvalue weighted by molar-refractivity contribution is -0.121. The Morgan fingerprint density at radius 3 is 2.61 bits per heavy atom. The van der Waals surface area contributed by atoms with Crippen molar-refractivity contribution in [1.29, 1.82) is 0 Å². The summed E-state index contributed by atoms with van der Waals surface area (Å²) in [6.07, 6.45) is 2.79. The van der Waals surface area contributed by atoms with Gasteiger partial charge in [0.05, 0.1) is 31.3 Å². The van der Waals surface area contributed by atoms with E-state index in [1.165, 1.54) is 0 Å². The minimum absolute atomic E-state index is 0.0632. The number of ketones is 1. The van der Waals surface area contributed by atoms with Crippen LogP contribution < -0.4 is 20.3 Å². The number of carbonyl (C=O) groups is 2. The largest absolute Gasteiger partial charge is 0.497 e. The first-order valence-corrected chi connectivity index (χ1v) is 12.2. The summed E-state index contributed by atoms with van der Waals surface area (Å²) in [4.78, 5) is 28.8. The summed E-state index contributed by atoms with van der Waals surface area (Å²) in [5.41, 5.74) is 4.09. The van der Waals surface area contributed by atoms with Crippen molar-refractivity contribution < 1.29 is 18.7 Å². The smallest absolute Gasteiger partial charge is 0.239 e. The molecular formula is C29H31N3O4. The van der Waals surface area contributed by atoms with Gasteiger partial charge in [-0.2, -0.15) is 0 Å². The van der Waals surface area contributed by atoms with Crippen molar-refractivity contribution >= 4 is 23.1 Å². The maximum atomic E-state index is 13.6. The fourth-order valence-corrected chi connectivity index (χ4v) is 5.12. The molecule has 2 heterocycles. The number of carbonyl (C=O) groups excluding carboxylic acids is 2. The molecule has 2 N–H and O–H groups in total. The lowest BCUT2D eigenvalue weighted by Crippen LogP contribution is -2.41. The molecule has 2 aromatic carbocycles. The van der Waals surface area contributed by atoms with Gasteiger partial charge in [-0.05, 0) is 53.8 Å². The molecule has 1 aliphatic carbocycles. The van der Waals surface area contributed by atoms with Gasteiger partial charge >= 0.3 is 0 Å². The lowest BCUT2D eigenvalue weighted by atomic mass is 9.74. The number of Topliss-reactive ketones (excluding diaryl/α,β-unsaturated/α-hetero) is 1. The Balaban J connectivity index is 1.49. The van der Waals surface area contributed by atoms with E-state index in [1.807, 2.05) is 65.6 Å². The van der Waals surface area contributed by atoms with Crippen molar-refractivity contribution in [2.75, 3.05) is 23.9 Å². The summed E-state index contributed by atoms with van der Waals surface area (Å²) < 4.78 is 11.1. The predicted molar refractivity (Wildman–Crippen MR) is 139 cm³/mol. The van der Waals surface area contributed by atoms with Crippen LogP contribution in [0.3, 0.4) is 0 Å². The summed E-state index contributed by atoms with van der Waals surface area (Å²) in [6, 6.07) is 18.6. The Morgan fingerprint density at radius 1 is 1.11 bits per heavy atom. The number of rotatable bonds is 6. The first kappa shape index (κ1) is 23.7. The van der Waals surface area contributed by atoms with Crippen LogP contribution in [0.25, 0.3) is 0 Å². The highest BCUT2D eigenvalue weighted by molar-refractivity contribution is 6.01. The molecule has 0 spiro atoms. The fraction of sp³-hybridized carbons (Fsp3) is 0.310. The third-order valence-electron chi connectivity index (χ3n) is 6.78.